The Bertz CT molecular complexity index is 861. The lowest BCUT2D eigenvalue weighted by atomic mass is 10.1. The second-order valence-electron chi connectivity index (χ2n) is 4.84. The van der Waals surface area contributed by atoms with Gasteiger partial charge in [-0.1, -0.05) is 22.0 Å². The van der Waals surface area contributed by atoms with Crippen molar-refractivity contribution >= 4 is 48.8 Å². The zero-order chi connectivity index (χ0) is 16.6. The van der Waals surface area contributed by atoms with Crippen molar-refractivity contribution in [2.75, 3.05) is 12.8 Å². The number of methoxy groups -OCH3 is 1. The highest BCUT2D eigenvalue weighted by atomic mass is 79.9. The first-order valence-corrected chi connectivity index (χ1v) is 8.50. The number of imidazole rings is 1. The van der Waals surface area contributed by atoms with E-state index >= 15 is 0 Å². The van der Waals surface area contributed by atoms with Crippen molar-refractivity contribution in [3.05, 3.63) is 40.1 Å². The number of ether oxygens (including phenoxy) is 1. The molecule has 120 valence electrons. The third-order valence-electron chi connectivity index (χ3n) is 3.30. The molecule has 6 nitrogen and oxygen atoms in total. The van der Waals surface area contributed by atoms with Gasteiger partial charge in [0, 0.05) is 5.33 Å². The fraction of sp³-hybridized carbons (Fsp3) is 0.214. The Hall–Kier alpha value is -1.74. The van der Waals surface area contributed by atoms with E-state index in [0.29, 0.717) is 27.8 Å². The van der Waals surface area contributed by atoms with Crippen molar-refractivity contribution in [1.82, 2.24) is 19.5 Å². The molecule has 0 saturated heterocycles. The highest BCUT2D eigenvalue weighted by Gasteiger charge is 2.16. The second-order valence-corrected chi connectivity index (χ2v) is 6.11. The van der Waals surface area contributed by atoms with Gasteiger partial charge in [0.1, 0.15) is 5.75 Å². The number of aromatic nitrogens is 4. The first kappa shape index (κ1) is 16.1. The zero-order valence-corrected chi connectivity index (χ0v) is 15.2. The molecule has 2 N–H and O–H groups in total. The Balaban J connectivity index is 2.10. The Labute approximate surface area is 148 Å². The molecule has 0 fully saturated rings. The van der Waals surface area contributed by atoms with Gasteiger partial charge in [-0.05, 0) is 39.2 Å². The van der Waals surface area contributed by atoms with Crippen LogP contribution in [-0.2, 0) is 11.9 Å². The van der Waals surface area contributed by atoms with E-state index in [2.05, 4.69) is 46.8 Å². The molecule has 1 aromatic carbocycles. The maximum Gasteiger partial charge on any atom is 0.312 e. The predicted octanol–water partition coefficient (Wildman–Crippen LogP) is 3.26. The Morgan fingerprint density at radius 3 is 2.65 bits per heavy atom. The summed E-state index contributed by atoms with van der Waals surface area (Å²) < 4.78 is 21.0. The number of hydrogen-bond acceptors (Lipinski definition) is 5. The first-order chi connectivity index (χ1) is 11.0. The fourth-order valence-electron chi connectivity index (χ4n) is 2.31. The number of halogens is 3. The van der Waals surface area contributed by atoms with Crippen molar-refractivity contribution in [2.24, 2.45) is 0 Å². The van der Waals surface area contributed by atoms with Gasteiger partial charge in [0.25, 0.3) is 0 Å². The smallest absolute Gasteiger partial charge is 0.312 e. The van der Waals surface area contributed by atoms with Crippen LogP contribution in [0.5, 0.6) is 5.75 Å². The molecule has 0 saturated carbocycles. The minimum atomic E-state index is -0.879. The average Bonchev–Trinajstić information content (AvgIpc) is 2.84. The second kappa shape index (κ2) is 6.40. The number of alkyl halides is 1. The van der Waals surface area contributed by atoms with Crippen LogP contribution >= 0.6 is 31.9 Å². The molecule has 3 rings (SSSR count). The summed E-state index contributed by atoms with van der Waals surface area (Å²) in [5, 5.41) is 0.701. The van der Waals surface area contributed by atoms with Gasteiger partial charge < -0.3 is 10.5 Å². The molecule has 0 radical (unpaired) electrons. The molecule has 2 aromatic heterocycles. The van der Waals surface area contributed by atoms with Crippen molar-refractivity contribution < 1.29 is 9.13 Å². The number of anilines is 1. The molecule has 0 bridgehead atoms. The topological polar surface area (TPSA) is 78.9 Å². The lowest BCUT2D eigenvalue weighted by Gasteiger charge is -2.10. The summed E-state index contributed by atoms with van der Waals surface area (Å²) in [5.41, 5.74) is 8.45. The van der Waals surface area contributed by atoms with Crippen LogP contribution in [0.2, 0.25) is 0 Å². The molecule has 0 atom stereocenters. The Kier molecular flexibility index (Phi) is 4.49. The van der Waals surface area contributed by atoms with Crippen LogP contribution in [0.1, 0.15) is 11.1 Å². The Morgan fingerprint density at radius 2 is 1.96 bits per heavy atom. The fourth-order valence-corrected chi connectivity index (χ4v) is 3.10. The minimum absolute atomic E-state index is 0.0127. The standard InChI is InChI=1S/C14H12Br2FN5O/c1-23-9-3-7(5-15)2-8(4-9)6-22-12-10(19-13(22)16)11(18)20-14(17)21-12/h2-4H,5-6H2,1H3,(H2,18,20,21). The molecule has 0 spiro atoms. The number of nitrogens with zero attached hydrogens (tertiary/aromatic N) is 4. The van der Waals surface area contributed by atoms with Crippen LogP contribution in [0.15, 0.2) is 22.9 Å². The summed E-state index contributed by atoms with van der Waals surface area (Å²) in [5.74, 6) is 0.761. The quantitative estimate of drug-likeness (QED) is 0.379. The molecule has 0 aliphatic carbocycles. The van der Waals surface area contributed by atoms with Crippen LogP contribution in [0, 0.1) is 6.08 Å². The summed E-state index contributed by atoms with van der Waals surface area (Å²) in [4.78, 5) is 11.6. The summed E-state index contributed by atoms with van der Waals surface area (Å²) >= 11 is 6.80. The number of nitrogen functional groups attached to an aromatic ring is 1. The first-order valence-electron chi connectivity index (χ1n) is 6.59. The van der Waals surface area contributed by atoms with E-state index in [4.69, 9.17) is 10.5 Å². The van der Waals surface area contributed by atoms with E-state index in [9.17, 15) is 4.39 Å². The largest absolute Gasteiger partial charge is 0.497 e. The molecule has 2 heterocycles. The van der Waals surface area contributed by atoms with E-state index in [1.165, 1.54) is 0 Å². The minimum Gasteiger partial charge on any atom is -0.497 e. The molecular formula is C14H12Br2FN5O. The van der Waals surface area contributed by atoms with Gasteiger partial charge >= 0.3 is 6.08 Å². The summed E-state index contributed by atoms with van der Waals surface area (Å²) in [6, 6.07) is 5.88. The van der Waals surface area contributed by atoms with Gasteiger partial charge in [-0.25, -0.2) is 4.98 Å². The number of rotatable bonds is 4. The van der Waals surface area contributed by atoms with Crippen molar-refractivity contribution in [1.29, 1.82) is 0 Å². The third-order valence-corrected chi connectivity index (χ3v) is 4.56. The van der Waals surface area contributed by atoms with Crippen molar-refractivity contribution in [3.8, 4) is 5.75 Å². The van der Waals surface area contributed by atoms with E-state index in [0.717, 1.165) is 16.9 Å². The molecule has 23 heavy (non-hydrogen) atoms. The number of benzene rings is 1. The van der Waals surface area contributed by atoms with Crippen LogP contribution in [0.3, 0.4) is 0 Å². The average molecular weight is 445 g/mol. The van der Waals surface area contributed by atoms with Gasteiger partial charge in [-0.15, -0.1) is 0 Å². The zero-order valence-electron chi connectivity index (χ0n) is 12.1. The normalized spacial score (nSPS) is 11.1. The molecule has 3 aromatic rings. The van der Waals surface area contributed by atoms with Gasteiger partial charge in [0.2, 0.25) is 0 Å². The lowest BCUT2D eigenvalue weighted by molar-refractivity contribution is 0.413. The lowest BCUT2D eigenvalue weighted by Crippen LogP contribution is -2.04. The molecule has 9 heteroatoms. The molecule has 0 aliphatic rings. The SMILES string of the molecule is COc1cc(CBr)cc(Cn2c(Br)nc3c(N)nc(F)nc32)c1. The third kappa shape index (κ3) is 3.16. The summed E-state index contributed by atoms with van der Waals surface area (Å²) in [7, 11) is 1.61. The predicted molar refractivity (Wildman–Crippen MR) is 92.1 cm³/mol. The van der Waals surface area contributed by atoms with Gasteiger partial charge in [0.05, 0.1) is 13.7 Å². The summed E-state index contributed by atoms with van der Waals surface area (Å²) in [6.45, 7) is 0.435. The molecule has 0 aliphatic heterocycles. The highest BCUT2D eigenvalue weighted by Crippen LogP contribution is 2.25. The van der Waals surface area contributed by atoms with Crippen LogP contribution in [-0.4, -0.2) is 26.6 Å². The van der Waals surface area contributed by atoms with E-state index in [-0.39, 0.29) is 5.82 Å². The molecular weight excluding hydrogens is 433 g/mol. The van der Waals surface area contributed by atoms with Gasteiger partial charge in [0.15, 0.2) is 21.7 Å². The van der Waals surface area contributed by atoms with E-state index < -0.39 is 6.08 Å². The van der Waals surface area contributed by atoms with Crippen molar-refractivity contribution in [2.45, 2.75) is 11.9 Å². The van der Waals surface area contributed by atoms with E-state index in [1.807, 2.05) is 18.2 Å². The molecule has 0 amide bonds. The number of nitrogens with two attached hydrogens (primary N) is 1. The maximum absolute atomic E-state index is 13.5. The number of hydrogen-bond donors (Lipinski definition) is 1. The monoisotopic (exact) mass is 443 g/mol. The van der Waals surface area contributed by atoms with Gasteiger partial charge in [-0.3, -0.25) is 4.57 Å². The summed E-state index contributed by atoms with van der Waals surface area (Å²) in [6.07, 6.45) is -0.879. The maximum atomic E-state index is 13.5. The van der Waals surface area contributed by atoms with Crippen LogP contribution in [0.25, 0.3) is 11.2 Å². The van der Waals surface area contributed by atoms with Gasteiger partial charge in [-0.2, -0.15) is 14.4 Å². The highest BCUT2D eigenvalue weighted by molar-refractivity contribution is 9.10. The van der Waals surface area contributed by atoms with Crippen molar-refractivity contribution in [3.63, 3.8) is 0 Å². The van der Waals surface area contributed by atoms with Crippen LogP contribution < -0.4 is 10.5 Å². The van der Waals surface area contributed by atoms with Crippen LogP contribution in [0.4, 0.5) is 10.2 Å². The Morgan fingerprint density at radius 1 is 1.22 bits per heavy atom. The molecule has 0 unspecified atom stereocenters. The number of fused-ring (bicyclic) bond motifs is 1. The van der Waals surface area contributed by atoms with E-state index in [1.54, 1.807) is 11.7 Å².